The lowest BCUT2D eigenvalue weighted by Gasteiger charge is -2.31. The fourth-order valence-electron chi connectivity index (χ4n) is 3.16. The second kappa shape index (κ2) is 7.18. The highest BCUT2D eigenvalue weighted by atomic mass is 19.1. The number of carboxylic acids is 1. The van der Waals surface area contributed by atoms with E-state index in [0.29, 0.717) is 37.4 Å². The molecule has 0 atom stereocenters. The molecule has 144 valence electrons. The van der Waals surface area contributed by atoms with Crippen molar-refractivity contribution in [3.05, 3.63) is 41.7 Å². The van der Waals surface area contributed by atoms with Gasteiger partial charge in [-0.2, -0.15) is 0 Å². The fraction of sp³-hybridized carbons (Fsp3) is 0.294. The molecule has 0 bridgehead atoms. The maximum Gasteiger partial charge on any atom is 0.335 e. The molecule has 2 aromatic heterocycles. The fourth-order valence-corrected chi connectivity index (χ4v) is 3.16. The SMILES string of the molecule is O=C(O)c1ccc(NC(=O)C2CCN(c3ccc4nnnn4n3)CC2)c(F)c1. The average Bonchev–Trinajstić information content (AvgIpc) is 3.17. The summed E-state index contributed by atoms with van der Waals surface area (Å²) in [5.74, 6) is -1.84. The highest BCUT2D eigenvalue weighted by Gasteiger charge is 2.26. The molecule has 0 saturated carbocycles. The van der Waals surface area contributed by atoms with E-state index in [2.05, 4.69) is 25.9 Å². The number of carbonyl (C=O) groups is 2. The molecule has 1 saturated heterocycles. The maximum absolute atomic E-state index is 14.0. The summed E-state index contributed by atoms with van der Waals surface area (Å²) in [5, 5.41) is 26.9. The maximum atomic E-state index is 14.0. The number of carbonyl (C=O) groups excluding carboxylic acids is 1. The van der Waals surface area contributed by atoms with E-state index in [-0.39, 0.29) is 23.1 Å². The van der Waals surface area contributed by atoms with Gasteiger partial charge in [0.2, 0.25) is 5.91 Å². The molecule has 1 fully saturated rings. The molecule has 0 radical (unpaired) electrons. The normalized spacial score (nSPS) is 15.0. The van der Waals surface area contributed by atoms with Gasteiger partial charge in [0.25, 0.3) is 0 Å². The van der Waals surface area contributed by atoms with Crippen molar-refractivity contribution < 1.29 is 19.1 Å². The van der Waals surface area contributed by atoms with Crippen molar-refractivity contribution in [1.29, 1.82) is 0 Å². The number of rotatable bonds is 4. The van der Waals surface area contributed by atoms with Gasteiger partial charge >= 0.3 is 5.97 Å². The van der Waals surface area contributed by atoms with E-state index in [9.17, 15) is 14.0 Å². The van der Waals surface area contributed by atoms with Crippen LogP contribution in [0, 0.1) is 11.7 Å². The molecule has 3 heterocycles. The van der Waals surface area contributed by atoms with Crippen molar-refractivity contribution in [1.82, 2.24) is 25.3 Å². The minimum absolute atomic E-state index is 0.0248. The van der Waals surface area contributed by atoms with Gasteiger partial charge in [0.15, 0.2) is 11.5 Å². The molecule has 28 heavy (non-hydrogen) atoms. The van der Waals surface area contributed by atoms with E-state index >= 15 is 0 Å². The predicted octanol–water partition coefficient (Wildman–Crippen LogP) is 1.21. The van der Waals surface area contributed by atoms with Crippen LogP contribution in [0.5, 0.6) is 0 Å². The molecule has 11 heteroatoms. The summed E-state index contributed by atoms with van der Waals surface area (Å²) >= 11 is 0. The topological polar surface area (TPSA) is 126 Å². The van der Waals surface area contributed by atoms with Gasteiger partial charge in [-0.1, -0.05) is 0 Å². The number of halogens is 1. The number of tetrazole rings is 1. The molecular weight excluding hydrogens is 369 g/mol. The minimum Gasteiger partial charge on any atom is -0.478 e. The van der Waals surface area contributed by atoms with Gasteiger partial charge in [-0.05, 0) is 53.6 Å². The largest absolute Gasteiger partial charge is 0.478 e. The third-order valence-electron chi connectivity index (χ3n) is 4.72. The van der Waals surface area contributed by atoms with Crippen molar-refractivity contribution in [3.63, 3.8) is 0 Å². The Morgan fingerprint density at radius 1 is 1.18 bits per heavy atom. The van der Waals surface area contributed by atoms with Gasteiger partial charge in [0, 0.05) is 19.0 Å². The first-order valence-corrected chi connectivity index (χ1v) is 8.65. The van der Waals surface area contributed by atoms with Crippen LogP contribution >= 0.6 is 0 Å². The number of aromatic carboxylic acids is 1. The van der Waals surface area contributed by atoms with Crippen LogP contribution in [-0.2, 0) is 4.79 Å². The molecule has 1 amide bonds. The zero-order chi connectivity index (χ0) is 19.7. The van der Waals surface area contributed by atoms with E-state index in [1.807, 2.05) is 11.0 Å². The van der Waals surface area contributed by atoms with Crippen LogP contribution in [0.1, 0.15) is 23.2 Å². The number of piperidine rings is 1. The van der Waals surface area contributed by atoms with E-state index in [4.69, 9.17) is 5.11 Å². The number of benzene rings is 1. The van der Waals surface area contributed by atoms with Gasteiger partial charge in [-0.25, -0.2) is 9.18 Å². The lowest BCUT2D eigenvalue weighted by Crippen LogP contribution is -2.38. The number of nitrogens with one attached hydrogen (secondary N) is 1. The number of nitrogens with zero attached hydrogens (tertiary/aromatic N) is 6. The van der Waals surface area contributed by atoms with Crippen molar-refractivity contribution in [2.75, 3.05) is 23.3 Å². The number of carboxylic acid groups (broad SMARTS) is 1. The molecule has 4 rings (SSSR count). The van der Waals surface area contributed by atoms with Gasteiger partial charge in [0.05, 0.1) is 11.3 Å². The molecule has 0 unspecified atom stereocenters. The Hall–Kier alpha value is -3.63. The Morgan fingerprint density at radius 2 is 1.96 bits per heavy atom. The van der Waals surface area contributed by atoms with Crippen molar-refractivity contribution in [2.45, 2.75) is 12.8 Å². The van der Waals surface area contributed by atoms with Crippen molar-refractivity contribution in [2.24, 2.45) is 5.92 Å². The van der Waals surface area contributed by atoms with E-state index in [1.165, 1.54) is 16.8 Å². The monoisotopic (exact) mass is 385 g/mol. The lowest BCUT2D eigenvalue weighted by atomic mass is 9.95. The number of amides is 1. The van der Waals surface area contributed by atoms with Gasteiger partial charge < -0.3 is 15.3 Å². The highest BCUT2D eigenvalue weighted by molar-refractivity contribution is 5.94. The molecule has 1 aliphatic rings. The van der Waals surface area contributed by atoms with Crippen LogP contribution < -0.4 is 10.2 Å². The second-order valence-corrected chi connectivity index (χ2v) is 6.47. The molecule has 0 spiro atoms. The summed E-state index contributed by atoms with van der Waals surface area (Å²) in [6.45, 7) is 1.22. The smallest absolute Gasteiger partial charge is 0.335 e. The molecule has 3 aromatic rings. The molecular formula is C17H16FN7O3. The van der Waals surface area contributed by atoms with Crippen LogP contribution in [-0.4, -0.2) is 55.3 Å². The average molecular weight is 385 g/mol. The Morgan fingerprint density at radius 3 is 2.68 bits per heavy atom. The van der Waals surface area contributed by atoms with E-state index in [1.54, 1.807) is 6.07 Å². The predicted molar refractivity (Wildman–Crippen MR) is 95.5 cm³/mol. The highest BCUT2D eigenvalue weighted by Crippen LogP contribution is 2.24. The van der Waals surface area contributed by atoms with Crippen LogP contribution in [0.25, 0.3) is 5.65 Å². The summed E-state index contributed by atoms with van der Waals surface area (Å²) in [6.07, 6.45) is 1.16. The minimum atomic E-state index is -1.22. The summed E-state index contributed by atoms with van der Waals surface area (Å²) in [7, 11) is 0. The Labute approximate surface area is 158 Å². The second-order valence-electron chi connectivity index (χ2n) is 6.47. The van der Waals surface area contributed by atoms with Crippen molar-refractivity contribution in [3.8, 4) is 0 Å². The first-order valence-electron chi connectivity index (χ1n) is 8.65. The van der Waals surface area contributed by atoms with Crippen LogP contribution in [0.3, 0.4) is 0 Å². The van der Waals surface area contributed by atoms with E-state index in [0.717, 1.165) is 6.07 Å². The number of anilines is 2. The lowest BCUT2D eigenvalue weighted by molar-refractivity contribution is -0.120. The van der Waals surface area contributed by atoms with Gasteiger partial charge in [-0.15, -0.1) is 14.8 Å². The van der Waals surface area contributed by atoms with E-state index < -0.39 is 11.8 Å². The number of hydrogen-bond acceptors (Lipinski definition) is 7. The molecule has 10 nitrogen and oxygen atoms in total. The third kappa shape index (κ3) is 3.46. The number of hydrogen-bond donors (Lipinski definition) is 2. The molecule has 0 aliphatic carbocycles. The van der Waals surface area contributed by atoms with Gasteiger partial charge in [-0.3, -0.25) is 4.79 Å². The van der Waals surface area contributed by atoms with Gasteiger partial charge in [0.1, 0.15) is 5.82 Å². The summed E-state index contributed by atoms with van der Waals surface area (Å²) < 4.78 is 15.4. The summed E-state index contributed by atoms with van der Waals surface area (Å²) in [4.78, 5) is 25.4. The first-order chi connectivity index (χ1) is 13.5. The molecule has 1 aromatic carbocycles. The Kier molecular flexibility index (Phi) is 4.55. The Bertz CT molecular complexity index is 1050. The summed E-state index contributed by atoms with van der Waals surface area (Å²) in [5.41, 5.74) is 0.355. The van der Waals surface area contributed by atoms with Crippen LogP contribution in [0.4, 0.5) is 15.9 Å². The summed E-state index contributed by atoms with van der Waals surface area (Å²) in [6, 6.07) is 7.00. The van der Waals surface area contributed by atoms with Crippen molar-refractivity contribution >= 4 is 29.0 Å². The number of fused-ring (bicyclic) bond motifs is 1. The van der Waals surface area contributed by atoms with Crippen LogP contribution in [0.2, 0.25) is 0 Å². The number of aromatic nitrogens is 5. The molecule has 1 aliphatic heterocycles. The zero-order valence-corrected chi connectivity index (χ0v) is 14.6. The van der Waals surface area contributed by atoms with Crippen LogP contribution in [0.15, 0.2) is 30.3 Å². The standard InChI is InChI=1S/C17H16FN7O3/c18-12-9-11(17(27)28)1-2-13(12)19-16(26)10-5-7-24(8-6-10)15-4-3-14-20-22-23-25(14)21-15/h1-4,9-10H,5-8H2,(H,19,26)(H,27,28). The zero-order valence-electron chi connectivity index (χ0n) is 14.6. The molecule has 2 N–H and O–H groups in total. The first kappa shape index (κ1) is 17.8. The quantitative estimate of drug-likeness (QED) is 0.686. The Balaban J connectivity index is 1.38. The third-order valence-corrected chi connectivity index (χ3v) is 4.72.